The maximum absolute atomic E-state index is 4.95. The van der Waals surface area contributed by atoms with Crippen LogP contribution in [0, 0.1) is 0 Å². The van der Waals surface area contributed by atoms with Crippen LogP contribution in [0.5, 0.6) is 0 Å². The normalized spacial score (nSPS) is 11.5. The molecular formula is C28H14N6S6. The molecule has 0 atom stereocenters. The van der Waals surface area contributed by atoms with Gasteiger partial charge in [0.2, 0.25) is 0 Å². The molecule has 8 aromatic heterocycles. The van der Waals surface area contributed by atoms with Gasteiger partial charge < -0.3 is 0 Å². The van der Waals surface area contributed by atoms with Crippen LogP contribution >= 0.6 is 68.0 Å². The average Bonchev–Trinajstić information content (AvgIpc) is 3.81. The standard InChI is InChI=1S/C28H14N6S6/c1-11-29-23(30-12-1)19-7-3-15(35-19)17-5-9-21(37-17)25-33-27-28(39-25)34-26(40-27)22-10-6-18(38-22)16-4-8-20(36-16)24-31-13-2-14-32-24/h1-14H. The molecule has 8 rings (SSSR count). The van der Waals surface area contributed by atoms with Crippen molar-refractivity contribution in [1.82, 2.24) is 29.9 Å². The van der Waals surface area contributed by atoms with Crippen LogP contribution in [0.1, 0.15) is 0 Å². The zero-order valence-corrected chi connectivity index (χ0v) is 25.1. The van der Waals surface area contributed by atoms with Crippen LogP contribution in [0.15, 0.2) is 85.5 Å². The SMILES string of the molecule is c1cnc(-c2ccc(-c3ccc(-c4nc5sc(-c6ccc(-c7ccc(-c8ncccn8)s7)s6)nc5s4)s3)s2)nc1. The third-order valence-corrected chi connectivity index (χ3v) is 13.0. The van der Waals surface area contributed by atoms with Crippen molar-refractivity contribution in [2.45, 2.75) is 0 Å². The monoisotopic (exact) mass is 626 g/mol. The lowest BCUT2D eigenvalue weighted by Crippen LogP contribution is -1.81. The number of thiophene rings is 4. The number of hydrogen-bond donors (Lipinski definition) is 0. The molecule has 0 aliphatic rings. The van der Waals surface area contributed by atoms with Gasteiger partial charge in [0.25, 0.3) is 0 Å². The molecule has 8 aromatic rings. The van der Waals surface area contributed by atoms with Gasteiger partial charge >= 0.3 is 0 Å². The fraction of sp³-hybridized carbons (Fsp3) is 0. The maximum atomic E-state index is 4.95. The summed E-state index contributed by atoms with van der Waals surface area (Å²) in [6, 6.07) is 20.8. The summed E-state index contributed by atoms with van der Waals surface area (Å²) in [5.74, 6) is 1.52. The first-order valence-corrected chi connectivity index (χ1v) is 16.9. The number of fused-ring (bicyclic) bond motifs is 1. The fourth-order valence-corrected chi connectivity index (χ4v) is 10.3. The van der Waals surface area contributed by atoms with Gasteiger partial charge in [0.15, 0.2) is 21.3 Å². The Kier molecular flexibility index (Phi) is 6.16. The van der Waals surface area contributed by atoms with Crippen molar-refractivity contribution in [3.8, 4) is 60.7 Å². The molecule has 0 radical (unpaired) electrons. The average molecular weight is 627 g/mol. The summed E-state index contributed by atoms with van der Waals surface area (Å²) < 4.78 is 0. The van der Waals surface area contributed by atoms with Gasteiger partial charge in [-0.15, -0.1) is 45.3 Å². The van der Waals surface area contributed by atoms with E-state index in [9.17, 15) is 0 Å². The van der Waals surface area contributed by atoms with E-state index in [1.807, 2.05) is 12.1 Å². The van der Waals surface area contributed by atoms with E-state index in [2.05, 4.69) is 68.5 Å². The van der Waals surface area contributed by atoms with Gasteiger partial charge in [-0.2, -0.15) is 0 Å². The summed E-state index contributed by atoms with van der Waals surface area (Å²) >= 11 is 10.2. The Labute approximate surface area is 252 Å². The van der Waals surface area contributed by atoms with E-state index < -0.39 is 0 Å². The van der Waals surface area contributed by atoms with E-state index in [0.717, 1.165) is 50.8 Å². The van der Waals surface area contributed by atoms with Gasteiger partial charge in [-0.05, 0) is 60.7 Å². The molecule has 192 valence electrons. The Morgan fingerprint density at radius 2 is 0.675 bits per heavy atom. The Hall–Kier alpha value is -3.52. The summed E-state index contributed by atoms with van der Waals surface area (Å²) in [6.07, 6.45) is 7.10. The second kappa shape index (κ2) is 10.1. The third kappa shape index (κ3) is 4.52. The summed E-state index contributed by atoms with van der Waals surface area (Å²) in [5.41, 5.74) is 0. The van der Waals surface area contributed by atoms with Crippen LogP contribution in [0.25, 0.3) is 70.3 Å². The van der Waals surface area contributed by atoms with Crippen LogP contribution in [-0.4, -0.2) is 29.9 Å². The molecular weight excluding hydrogens is 613 g/mol. The minimum absolute atomic E-state index is 0.761. The first-order valence-electron chi connectivity index (χ1n) is 12.0. The molecule has 0 fully saturated rings. The summed E-state index contributed by atoms with van der Waals surface area (Å²) in [6.45, 7) is 0. The molecule has 0 aliphatic heterocycles. The Morgan fingerprint density at radius 3 is 1.07 bits per heavy atom. The van der Waals surface area contributed by atoms with Crippen molar-refractivity contribution < 1.29 is 0 Å². The van der Waals surface area contributed by atoms with Crippen LogP contribution in [-0.2, 0) is 0 Å². The lowest BCUT2D eigenvalue weighted by molar-refractivity contribution is 1.19. The molecule has 0 N–H and O–H groups in total. The Balaban J connectivity index is 1.02. The first-order chi connectivity index (χ1) is 19.8. The Bertz CT molecular complexity index is 1900. The maximum Gasteiger partial charge on any atom is 0.169 e. The predicted molar refractivity (Wildman–Crippen MR) is 171 cm³/mol. The minimum Gasteiger partial charge on any atom is -0.236 e. The smallest absolute Gasteiger partial charge is 0.169 e. The van der Waals surface area contributed by atoms with Crippen LogP contribution in [0.2, 0.25) is 0 Å². The number of nitrogens with zero attached hydrogens (tertiary/aromatic N) is 6. The van der Waals surface area contributed by atoms with Gasteiger partial charge in [-0.3, -0.25) is 0 Å². The van der Waals surface area contributed by atoms with E-state index in [-0.39, 0.29) is 0 Å². The van der Waals surface area contributed by atoms with Crippen molar-refractivity contribution in [2.75, 3.05) is 0 Å². The van der Waals surface area contributed by atoms with Crippen LogP contribution in [0.3, 0.4) is 0 Å². The van der Waals surface area contributed by atoms with E-state index in [1.165, 1.54) is 19.5 Å². The van der Waals surface area contributed by atoms with Crippen molar-refractivity contribution in [3.05, 3.63) is 85.5 Å². The molecule has 12 heteroatoms. The largest absolute Gasteiger partial charge is 0.236 e. The minimum atomic E-state index is 0.761. The molecule has 0 aromatic carbocycles. The highest BCUT2D eigenvalue weighted by atomic mass is 32.1. The molecule has 0 saturated heterocycles. The summed E-state index contributed by atoms with van der Waals surface area (Å²) in [7, 11) is 0. The highest BCUT2D eigenvalue weighted by molar-refractivity contribution is 7.33. The van der Waals surface area contributed by atoms with E-state index in [1.54, 1.807) is 92.8 Å². The second-order valence-electron chi connectivity index (χ2n) is 8.45. The van der Waals surface area contributed by atoms with Gasteiger partial charge in [0.05, 0.1) is 19.5 Å². The topological polar surface area (TPSA) is 77.3 Å². The number of thiazole rings is 2. The quantitative estimate of drug-likeness (QED) is 0.183. The van der Waals surface area contributed by atoms with E-state index >= 15 is 0 Å². The molecule has 40 heavy (non-hydrogen) atoms. The second-order valence-corrected chi connectivity index (χ2v) is 14.7. The highest BCUT2D eigenvalue weighted by Crippen LogP contribution is 2.45. The first kappa shape index (κ1) is 24.3. The molecule has 0 amide bonds. The van der Waals surface area contributed by atoms with Crippen molar-refractivity contribution >= 4 is 77.7 Å². The summed E-state index contributed by atoms with van der Waals surface area (Å²) in [4.78, 5) is 38.7. The zero-order chi connectivity index (χ0) is 26.5. The fourth-order valence-electron chi connectivity index (χ4n) is 4.06. The molecule has 0 spiro atoms. The van der Waals surface area contributed by atoms with Gasteiger partial charge in [0, 0.05) is 44.3 Å². The zero-order valence-electron chi connectivity index (χ0n) is 20.2. The summed E-state index contributed by atoms with van der Waals surface area (Å²) in [5, 5.41) is 2.03. The predicted octanol–water partition coefficient (Wildman–Crippen LogP) is 9.58. The van der Waals surface area contributed by atoms with Gasteiger partial charge in [-0.25, -0.2) is 29.9 Å². The lowest BCUT2D eigenvalue weighted by atomic mass is 10.3. The Morgan fingerprint density at radius 1 is 0.350 bits per heavy atom. The van der Waals surface area contributed by atoms with E-state index in [4.69, 9.17) is 9.97 Å². The van der Waals surface area contributed by atoms with Crippen molar-refractivity contribution in [3.63, 3.8) is 0 Å². The van der Waals surface area contributed by atoms with Crippen molar-refractivity contribution in [2.24, 2.45) is 0 Å². The lowest BCUT2D eigenvalue weighted by Gasteiger charge is -1.93. The van der Waals surface area contributed by atoms with Gasteiger partial charge in [0.1, 0.15) is 10.0 Å². The molecule has 6 nitrogen and oxygen atoms in total. The molecule has 0 aliphatic carbocycles. The number of rotatable bonds is 6. The number of aromatic nitrogens is 6. The van der Waals surface area contributed by atoms with Crippen LogP contribution in [0.4, 0.5) is 0 Å². The van der Waals surface area contributed by atoms with Gasteiger partial charge in [-0.1, -0.05) is 22.7 Å². The molecule has 8 heterocycles. The third-order valence-electron chi connectivity index (χ3n) is 5.88. The van der Waals surface area contributed by atoms with E-state index in [0.29, 0.717) is 0 Å². The highest BCUT2D eigenvalue weighted by Gasteiger charge is 2.17. The van der Waals surface area contributed by atoms with Crippen molar-refractivity contribution in [1.29, 1.82) is 0 Å². The van der Waals surface area contributed by atoms with Crippen LogP contribution < -0.4 is 0 Å². The molecule has 0 bridgehead atoms. The molecule has 0 unspecified atom stereocenters. The molecule has 0 saturated carbocycles. The number of hydrogen-bond acceptors (Lipinski definition) is 12.